The van der Waals surface area contributed by atoms with Crippen molar-refractivity contribution in [3.8, 4) is 11.8 Å². The van der Waals surface area contributed by atoms with Gasteiger partial charge in [-0.15, -0.1) is 0 Å². The highest BCUT2D eigenvalue weighted by Gasteiger charge is 2.05. The number of benzene rings is 1. The third-order valence-electron chi connectivity index (χ3n) is 2.55. The molecule has 2 N–H and O–H groups in total. The van der Waals surface area contributed by atoms with E-state index in [-0.39, 0.29) is 11.8 Å². The van der Waals surface area contributed by atoms with Crippen LogP contribution < -0.4 is 10.1 Å². The molecule has 0 radical (unpaired) electrons. The van der Waals surface area contributed by atoms with Gasteiger partial charge < -0.3 is 15.2 Å². The number of rotatable bonds is 5. The van der Waals surface area contributed by atoms with Crippen molar-refractivity contribution < 1.29 is 9.84 Å². The van der Waals surface area contributed by atoms with Gasteiger partial charge in [0.25, 0.3) is 0 Å². The van der Waals surface area contributed by atoms with Crippen molar-refractivity contribution >= 4 is 17.4 Å². The number of aromatic hydroxyl groups is 1. The van der Waals surface area contributed by atoms with E-state index >= 15 is 0 Å². The Hall–Kier alpha value is -2.01. The lowest BCUT2D eigenvalue weighted by Gasteiger charge is -2.08. The van der Waals surface area contributed by atoms with Crippen molar-refractivity contribution in [2.45, 2.75) is 6.42 Å². The fraction of sp³-hybridized carbons (Fsp3) is 0.231. The molecule has 0 fully saturated rings. The maximum atomic E-state index is 9.19. The highest BCUT2D eigenvalue weighted by molar-refractivity contribution is 6.32. The molecule has 1 heterocycles. The van der Waals surface area contributed by atoms with Gasteiger partial charge in [0.2, 0.25) is 0 Å². The van der Waals surface area contributed by atoms with Crippen LogP contribution in [0.1, 0.15) is 5.56 Å². The Morgan fingerprint density at radius 1 is 1.32 bits per heavy atom. The predicted octanol–water partition coefficient (Wildman–Crippen LogP) is 2.50. The van der Waals surface area contributed by atoms with Crippen LogP contribution >= 0.6 is 11.6 Å². The van der Waals surface area contributed by atoms with Gasteiger partial charge in [0.05, 0.1) is 13.3 Å². The van der Waals surface area contributed by atoms with Crippen LogP contribution in [0.4, 0.5) is 5.82 Å². The van der Waals surface area contributed by atoms with E-state index < -0.39 is 0 Å². The summed E-state index contributed by atoms with van der Waals surface area (Å²) in [4.78, 5) is 8.02. The highest BCUT2D eigenvalue weighted by Crippen LogP contribution is 2.20. The van der Waals surface area contributed by atoms with Crippen LogP contribution in [0.25, 0.3) is 0 Å². The van der Waals surface area contributed by atoms with E-state index in [2.05, 4.69) is 15.3 Å². The molecule has 1 aromatic carbocycles. The van der Waals surface area contributed by atoms with E-state index in [9.17, 15) is 5.11 Å². The summed E-state index contributed by atoms with van der Waals surface area (Å²) >= 11 is 5.98. The van der Waals surface area contributed by atoms with E-state index in [1.54, 1.807) is 12.1 Å². The van der Waals surface area contributed by atoms with Gasteiger partial charge in [0.1, 0.15) is 10.8 Å². The summed E-state index contributed by atoms with van der Waals surface area (Å²) in [5, 5.41) is 12.8. The Bertz CT molecular complexity index is 546. The van der Waals surface area contributed by atoms with Crippen LogP contribution in [0.2, 0.25) is 5.02 Å². The minimum Gasteiger partial charge on any atom is -0.508 e. The Balaban J connectivity index is 1.93. The first-order valence-corrected chi connectivity index (χ1v) is 6.15. The second kappa shape index (κ2) is 6.24. The lowest BCUT2D eigenvalue weighted by molar-refractivity contribution is 0.380. The lowest BCUT2D eigenvalue weighted by atomic mass is 10.1. The first-order valence-electron chi connectivity index (χ1n) is 5.77. The summed E-state index contributed by atoms with van der Waals surface area (Å²) in [7, 11) is 1.50. The monoisotopic (exact) mass is 279 g/mol. The minimum atomic E-state index is 0.264. The molecule has 0 amide bonds. The van der Waals surface area contributed by atoms with Crippen molar-refractivity contribution in [3.05, 3.63) is 41.0 Å². The second-order valence-corrected chi connectivity index (χ2v) is 4.30. The van der Waals surface area contributed by atoms with Gasteiger partial charge in [0.15, 0.2) is 5.82 Å². The largest absolute Gasteiger partial charge is 0.508 e. The number of anilines is 1. The molecule has 0 spiro atoms. The number of aromatic nitrogens is 2. The smallest absolute Gasteiger partial charge is 0.318 e. The summed E-state index contributed by atoms with van der Waals surface area (Å²) in [6.07, 6.45) is 2.29. The number of phenolic OH excluding ortho intramolecular Hbond substituents is 1. The molecule has 5 nitrogen and oxygen atoms in total. The highest BCUT2D eigenvalue weighted by atomic mass is 35.5. The van der Waals surface area contributed by atoms with E-state index in [1.807, 2.05) is 12.1 Å². The van der Waals surface area contributed by atoms with Gasteiger partial charge in [-0.2, -0.15) is 4.98 Å². The average molecular weight is 280 g/mol. The molecule has 0 aliphatic heterocycles. The summed E-state index contributed by atoms with van der Waals surface area (Å²) in [6.45, 7) is 0.671. The molecule has 19 heavy (non-hydrogen) atoms. The van der Waals surface area contributed by atoms with Crippen molar-refractivity contribution in [3.63, 3.8) is 0 Å². The number of methoxy groups -OCH3 is 1. The topological polar surface area (TPSA) is 67.3 Å². The van der Waals surface area contributed by atoms with Gasteiger partial charge in [-0.1, -0.05) is 23.7 Å². The van der Waals surface area contributed by atoms with Crippen LogP contribution in [-0.4, -0.2) is 28.7 Å². The zero-order valence-electron chi connectivity index (χ0n) is 10.4. The normalized spacial score (nSPS) is 10.2. The summed E-state index contributed by atoms with van der Waals surface area (Å²) in [5.74, 6) is 0.813. The van der Waals surface area contributed by atoms with Crippen molar-refractivity contribution in [1.29, 1.82) is 0 Å². The van der Waals surface area contributed by atoms with Crippen LogP contribution in [0.3, 0.4) is 0 Å². The molecule has 2 rings (SSSR count). The molecule has 0 atom stereocenters. The van der Waals surface area contributed by atoms with Crippen molar-refractivity contribution in [1.82, 2.24) is 9.97 Å². The fourth-order valence-corrected chi connectivity index (χ4v) is 1.72. The molecule has 100 valence electrons. The molecule has 0 unspecified atom stereocenters. The average Bonchev–Trinajstić information content (AvgIpc) is 2.43. The standard InChI is InChI=1S/C13H14ClN3O2/c1-19-13-16-8-11(14)12(17-13)15-7-6-9-2-4-10(18)5-3-9/h2-5,8,18H,6-7H2,1H3,(H,15,16,17). The van der Waals surface area contributed by atoms with Crippen LogP contribution in [0.5, 0.6) is 11.8 Å². The van der Waals surface area contributed by atoms with E-state index in [4.69, 9.17) is 16.3 Å². The Morgan fingerprint density at radius 2 is 2.05 bits per heavy atom. The molecule has 0 aliphatic rings. The lowest BCUT2D eigenvalue weighted by Crippen LogP contribution is -2.07. The van der Waals surface area contributed by atoms with Gasteiger partial charge >= 0.3 is 6.01 Å². The number of phenols is 1. The maximum absolute atomic E-state index is 9.19. The van der Waals surface area contributed by atoms with Crippen LogP contribution in [0.15, 0.2) is 30.5 Å². The number of hydrogen-bond donors (Lipinski definition) is 2. The van der Waals surface area contributed by atoms with Gasteiger partial charge in [0, 0.05) is 6.54 Å². The number of hydrogen-bond acceptors (Lipinski definition) is 5. The third kappa shape index (κ3) is 3.72. The van der Waals surface area contributed by atoms with Gasteiger partial charge in [-0.3, -0.25) is 0 Å². The Morgan fingerprint density at radius 3 is 2.74 bits per heavy atom. The first-order chi connectivity index (χ1) is 9.19. The van der Waals surface area contributed by atoms with E-state index in [0.717, 1.165) is 12.0 Å². The molecule has 2 aromatic rings. The number of halogens is 1. The van der Waals surface area contributed by atoms with Crippen LogP contribution in [-0.2, 0) is 6.42 Å². The molecule has 0 saturated heterocycles. The fourth-order valence-electron chi connectivity index (χ4n) is 1.56. The SMILES string of the molecule is COc1ncc(Cl)c(NCCc2ccc(O)cc2)n1. The van der Waals surface area contributed by atoms with E-state index in [1.165, 1.54) is 13.3 Å². The number of ether oxygens (including phenoxy) is 1. The summed E-state index contributed by atoms with van der Waals surface area (Å²) < 4.78 is 4.94. The Labute approximate surface area is 116 Å². The molecule has 6 heteroatoms. The van der Waals surface area contributed by atoms with Gasteiger partial charge in [-0.25, -0.2) is 4.98 Å². The quantitative estimate of drug-likeness (QED) is 0.880. The molecule has 0 saturated carbocycles. The maximum Gasteiger partial charge on any atom is 0.318 e. The Kier molecular flexibility index (Phi) is 4.41. The molecule has 1 aromatic heterocycles. The second-order valence-electron chi connectivity index (χ2n) is 3.90. The van der Waals surface area contributed by atoms with Crippen molar-refractivity contribution in [2.24, 2.45) is 0 Å². The minimum absolute atomic E-state index is 0.264. The predicted molar refractivity (Wildman–Crippen MR) is 73.9 cm³/mol. The third-order valence-corrected chi connectivity index (χ3v) is 2.82. The number of nitrogens with zero attached hydrogens (tertiary/aromatic N) is 2. The zero-order chi connectivity index (χ0) is 13.7. The van der Waals surface area contributed by atoms with Crippen LogP contribution in [0, 0.1) is 0 Å². The molecular formula is C13H14ClN3O2. The molecule has 0 aliphatic carbocycles. The van der Waals surface area contributed by atoms with Crippen molar-refractivity contribution in [2.75, 3.05) is 19.0 Å². The van der Waals surface area contributed by atoms with E-state index in [0.29, 0.717) is 17.4 Å². The number of nitrogens with one attached hydrogen (secondary N) is 1. The molecular weight excluding hydrogens is 266 g/mol. The summed E-state index contributed by atoms with van der Waals surface area (Å²) in [5.41, 5.74) is 1.11. The summed E-state index contributed by atoms with van der Waals surface area (Å²) in [6, 6.07) is 7.35. The van der Waals surface area contributed by atoms with Gasteiger partial charge in [-0.05, 0) is 24.1 Å². The zero-order valence-corrected chi connectivity index (χ0v) is 11.2. The first kappa shape index (κ1) is 13.4. The molecule has 0 bridgehead atoms.